The number of rotatable bonds is 39. The van der Waals surface area contributed by atoms with Crippen LogP contribution in [0.25, 0.3) is 0 Å². The van der Waals surface area contributed by atoms with E-state index >= 15 is 0 Å². The molecule has 0 atom stereocenters. The van der Waals surface area contributed by atoms with Gasteiger partial charge in [0.1, 0.15) is 11.5 Å². The zero-order valence-electron chi connectivity index (χ0n) is 51.9. The first-order valence-electron chi connectivity index (χ1n) is 31.7. The van der Waals surface area contributed by atoms with E-state index in [9.17, 15) is 19.8 Å². The summed E-state index contributed by atoms with van der Waals surface area (Å²) in [6.45, 7) is 16.7. The number of carboxylic acids is 2. The number of allylic oxidation sites excluding steroid dienone is 2. The van der Waals surface area contributed by atoms with Crippen LogP contribution in [0.2, 0.25) is 0 Å². The van der Waals surface area contributed by atoms with Crippen molar-refractivity contribution in [1.29, 1.82) is 0 Å². The summed E-state index contributed by atoms with van der Waals surface area (Å²) in [6.07, 6.45) is 48.2. The third-order valence-electron chi connectivity index (χ3n) is 14.9. The Labute approximate surface area is 506 Å². The maximum absolute atomic E-state index is 11.0. The van der Waals surface area contributed by atoms with Gasteiger partial charge in [0.25, 0.3) is 0 Å². The van der Waals surface area contributed by atoms with Crippen LogP contribution in [0.1, 0.15) is 282 Å². The van der Waals surface area contributed by atoms with Gasteiger partial charge in [-0.3, -0.25) is 4.99 Å². The number of unbranched alkanes of at least 4 members (excludes halogenated alkanes) is 22. The zero-order valence-corrected chi connectivity index (χ0v) is 52.9. The van der Waals surface area contributed by atoms with E-state index in [-0.39, 0.29) is 27.6 Å². The van der Waals surface area contributed by atoms with Gasteiger partial charge < -0.3 is 30.6 Å². The molecule has 0 saturated heterocycles. The van der Waals surface area contributed by atoms with Gasteiger partial charge >= 0.3 is 28.4 Å². The Kier molecular flexibility index (Phi) is 41.9. The van der Waals surface area contributed by atoms with Crippen LogP contribution in [0.5, 0.6) is 23.0 Å². The second-order valence-corrected chi connectivity index (χ2v) is 22.1. The average Bonchev–Trinajstić information content (AvgIpc) is 3.46. The van der Waals surface area contributed by atoms with E-state index in [1.807, 2.05) is 0 Å². The van der Waals surface area contributed by atoms with Crippen molar-refractivity contribution < 1.29 is 56.7 Å². The van der Waals surface area contributed by atoms with Crippen LogP contribution in [0.4, 0.5) is 11.4 Å². The summed E-state index contributed by atoms with van der Waals surface area (Å²) in [4.78, 5) is 31.7. The van der Waals surface area contributed by atoms with Crippen molar-refractivity contribution in [3.8, 4) is 23.0 Å². The number of aromatic hydroxyl groups is 2. The van der Waals surface area contributed by atoms with Crippen LogP contribution in [0.15, 0.2) is 82.8 Å². The smallest absolute Gasteiger partial charge is 0.869 e. The molecule has 0 spiro atoms. The molecule has 458 valence electrons. The summed E-state index contributed by atoms with van der Waals surface area (Å²) in [5.41, 5.74) is 10.2. The molecule has 4 N–H and O–H groups in total. The summed E-state index contributed by atoms with van der Waals surface area (Å²) >= 11 is 0. The first kappa shape index (κ1) is 74.6. The Bertz CT molecular complexity index is 2430. The average molecular weight is 1170 g/mol. The molecule has 0 aliphatic carbocycles. The van der Waals surface area contributed by atoms with E-state index in [0.29, 0.717) is 11.1 Å². The quantitative estimate of drug-likeness (QED) is 0.0193. The monoisotopic (exact) mass is 1170 g/mol. The van der Waals surface area contributed by atoms with Crippen molar-refractivity contribution >= 4 is 34.7 Å². The fraction of sp³-hybridized carbons (Fsp3) is 0.577. The third kappa shape index (κ3) is 30.2. The minimum atomic E-state index is -1.31. The van der Waals surface area contributed by atoms with Crippen LogP contribution in [0, 0.1) is 13.8 Å². The molecule has 11 heteroatoms. The number of carboxylic acid groups (broad SMARTS) is 2. The second-order valence-electron chi connectivity index (χ2n) is 22.1. The summed E-state index contributed by atoms with van der Waals surface area (Å²) in [5.74, 6) is -5.34. The minimum Gasteiger partial charge on any atom is -0.869 e. The molecule has 4 aromatic carbocycles. The number of aliphatic imine (C=N–C) groups is 2. The van der Waals surface area contributed by atoms with E-state index in [4.69, 9.17) is 30.4 Å². The molecule has 0 amide bonds. The first-order chi connectivity index (χ1) is 39.2. The van der Waals surface area contributed by atoms with Crippen LogP contribution < -0.4 is 10.2 Å². The number of aromatic carboxylic acids is 2. The molecule has 0 saturated carbocycles. The molecule has 0 fully saturated rings. The van der Waals surface area contributed by atoms with E-state index in [2.05, 4.69) is 90.1 Å². The number of benzene rings is 4. The summed E-state index contributed by atoms with van der Waals surface area (Å²) in [5, 5.41) is 56.9. The third-order valence-corrected chi connectivity index (χ3v) is 14.9. The topological polar surface area (TPSA) is 186 Å². The Hall–Kier alpha value is -5.41. The van der Waals surface area contributed by atoms with Crippen molar-refractivity contribution in [2.45, 2.75) is 267 Å². The van der Waals surface area contributed by atoms with E-state index in [0.717, 1.165) is 87.0 Å². The van der Waals surface area contributed by atoms with Crippen molar-refractivity contribution in [2.75, 3.05) is 0 Å². The molecule has 0 unspecified atom stereocenters. The Morgan fingerprint density at radius 3 is 1.12 bits per heavy atom. The molecule has 0 aromatic heterocycles. The molecule has 10 nitrogen and oxygen atoms in total. The van der Waals surface area contributed by atoms with E-state index in [1.54, 1.807) is 0 Å². The largest absolute Gasteiger partial charge is 2.00 e. The molecule has 0 aliphatic rings. The molecule has 82 heavy (non-hydrogen) atoms. The number of hydrogen-bond acceptors (Lipinski definition) is 8. The summed E-state index contributed by atoms with van der Waals surface area (Å²) < 4.78 is 0. The molecule has 4 rings (SSSR count). The SMILES string of the molecule is CCCCCCCCCCCCCCCCCCCCCCCC=CC(=Nc1ccc(CCC)c(CCC)c1)C(CCCC)=Nc1ccc(CCC)c(CCC)c1.Cc1ccc(O)c([O-])c1C(=O)O.Cc1ccc(O)c([O-])c1C(=O)O.[Ni+2]. The Morgan fingerprint density at radius 2 is 0.780 bits per heavy atom. The van der Waals surface area contributed by atoms with Gasteiger partial charge in [-0.05, 0) is 141 Å². The number of hydrogen-bond donors (Lipinski definition) is 4. The predicted molar refractivity (Wildman–Crippen MR) is 337 cm³/mol. The van der Waals surface area contributed by atoms with Gasteiger partial charge in [0, 0.05) is 0 Å². The van der Waals surface area contributed by atoms with Crippen LogP contribution in [-0.2, 0) is 42.2 Å². The molecule has 0 aliphatic heterocycles. The molecular formula is C71H106N2NiO8. The van der Waals surface area contributed by atoms with Crippen LogP contribution >= 0.6 is 0 Å². The summed E-state index contributed by atoms with van der Waals surface area (Å²) in [7, 11) is 0. The zero-order chi connectivity index (χ0) is 59.6. The molecule has 0 heterocycles. The van der Waals surface area contributed by atoms with Gasteiger partial charge in [0.05, 0.1) is 33.9 Å². The number of carbonyl (C=O) groups is 2. The van der Waals surface area contributed by atoms with Gasteiger partial charge in [-0.25, -0.2) is 14.6 Å². The van der Waals surface area contributed by atoms with Crippen molar-refractivity contribution in [2.24, 2.45) is 9.98 Å². The predicted octanol–water partition coefficient (Wildman–Crippen LogP) is 19.6. The number of phenols is 2. The first-order valence-corrected chi connectivity index (χ1v) is 31.7. The standard InChI is InChI=1S/C55H92N2.2C8H8O4.Ni/c1-7-13-15-16-17-18-19-20-21-22-23-24-25-26-27-28-29-30-31-32-33-34-35-41-55(57-53-45-43-49(37-10-4)51(47-53)39-12-6)54(40-14-8-2)56-52-44-42-48(36-9-3)50(46-52)38-11-5;2*1-4-2-3-5(9)7(10)6(4)8(11)12;/h35,41-47H,7-34,36-40H2,1-6H3;2*2-3,9-10H,1H3,(H,11,12);/q;;;+2/p-2. The van der Waals surface area contributed by atoms with Crippen LogP contribution in [0.3, 0.4) is 0 Å². The maximum atomic E-state index is 11.0. The molecular weight excluding hydrogens is 1070 g/mol. The number of phenolic OH excluding ortho intramolecular Hbond substituents is 2. The fourth-order valence-corrected chi connectivity index (χ4v) is 10.2. The fourth-order valence-electron chi connectivity index (χ4n) is 10.2. The summed E-state index contributed by atoms with van der Waals surface area (Å²) in [6, 6.07) is 19.0. The minimum absolute atomic E-state index is 0. The van der Waals surface area contributed by atoms with E-state index < -0.39 is 34.9 Å². The Morgan fingerprint density at radius 1 is 0.439 bits per heavy atom. The van der Waals surface area contributed by atoms with Crippen molar-refractivity contribution in [1.82, 2.24) is 0 Å². The maximum Gasteiger partial charge on any atom is 2.00 e. The second kappa shape index (κ2) is 46.0. The normalized spacial score (nSPS) is 11.5. The van der Waals surface area contributed by atoms with E-state index in [1.165, 1.54) is 208 Å². The number of aryl methyl sites for hydroxylation is 6. The van der Waals surface area contributed by atoms with Gasteiger partial charge in [0.2, 0.25) is 0 Å². The van der Waals surface area contributed by atoms with Gasteiger partial charge in [-0.15, -0.1) is 0 Å². The molecule has 0 radical (unpaired) electrons. The Balaban J connectivity index is 0.00000109. The molecule has 0 bridgehead atoms. The van der Waals surface area contributed by atoms with Crippen LogP contribution in [-0.4, -0.2) is 43.8 Å². The van der Waals surface area contributed by atoms with Gasteiger partial charge in [-0.2, -0.15) is 0 Å². The van der Waals surface area contributed by atoms with Gasteiger partial charge in [-0.1, -0.05) is 244 Å². The van der Waals surface area contributed by atoms with Crippen molar-refractivity contribution in [3.63, 3.8) is 0 Å². The van der Waals surface area contributed by atoms with Gasteiger partial charge in [0.15, 0.2) is 0 Å². The number of nitrogens with zero attached hydrogens (tertiary/aromatic N) is 2. The molecule has 4 aromatic rings. The van der Waals surface area contributed by atoms with Crippen molar-refractivity contribution in [3.05, 3.63) is 117 Å².